The molecule has 0 aliphatic rings. The van der Waals surface area contributed by atoms with E-state index in [1.165, 1.54) is 51.4 Å². The third-order valence-corrected chi connectivity index (χ3v) is 20.4. The van der Waals surface area contributed by atoms with Crippen molar-refractivity contribution in [3.05, 3.63) is 0 Å². The van der Waals surface area contributed by atoms with Crippen molar-refractivity contribution in [2.24, 2.45) is 0 Å². The summed E-state index contributed by atoms with van der Waals surface area (Å²) in [6, 6.07) is 0. The molecule has 0 atom stereocenters. The van der Waals surface area contributed by atoms with Crippen LogP contribution in [-0.2, 0) is 0 Å². The minimum Gasteiger partial charge on any atom is -0.397 e. The second kappa shape index (κ2) is 17.8. The standard InChI is InChI=1S/4C4H9.C2H6O.Sn/c4*1-3-4-2;1-2-3;/h4*1,3-4H2,2H3;3H,2H2,1H3;. The van der Waals surface area contributed by atoms with Crippen LogP contribution in [0.15, 0.2) is 0 Å². The average Bonchev–Trinajstić information content (AvgIpc) is 2.46. The van der Waals surface area contributed by atoms with Gasteiger partial charge in [-0.05, 0) is 6.92 Å². The van der Waals surface area contributed by atoms with E-state index in [0.29, 0.717) is 0 Å². The molecule has 124 valence electrons. The molecule has 0 aromatic carbocycles. The molecule has 0 amide bonds. The van der Waals surface area contributed by atoms with E-state index in [2.05, 4.69) is 27.7 Å². The first-order valence-electron chi connectivity index (χ1n) is 9.27. The summed E-state index contributed by atoms with van der Waals surface area (Å²) in [7, 11) is 0. The van der Waals surface area contributed by atoms with E-state index in [1.54, 1.807) is 24.7 Å². The fourth-order valence-corrected chi connectivity index (χ4v) is 19.8. The van der Waals surface area contributed by atoms with Crippen molar-refractivity contribution in [3.63, 3.8) is 0 Å². The van der Waals surface area contributed by atoms with Crippen molar-refractivity contribution in [1.29, 1.82) is 0 Å². The fourth-order valence-electron chi connectivity index (χ4n) is 2.96. The third-order valence-electron chi connectivity index (χ3n) is 4.24. The predicted octanol–water partition coefficient (Wildman–Crippen LogP) is 6.63. The van der Waals surface area contributed by atoms with Crippen LogP contribution in [-0.4, -0.2) is 30.1 Å². The summed E-state index contributed by atoms with van der Waals surface area (Å²) < 4.78 is 6.80. The predicted molar refractivity (Wildman–Crippen MR) is 97.4 cm³/mol. The molecule has 0 radical (unpaired) electrons. The van der Waals surface area contributed by atoms with E-state index in [9.17, 15) is 0 Å². The van der Waals surface area contributed by atoms with Gasteiger partial charge in [0.1, 0.15) is 0 Å². The Kier molecular flexibility index (Phi) is 20.5. The third kappa shape index (κ3) is 13.7. The summed E-state index contributed by atoms with van der Waals surface area (Å²) in [6.45, 7) is 11.4. The van der Waals surface area contributed by atoms with E-state index in [-0.39, 0.29) is 6.61 Å². The number of aliphatic hydroxyl groups is 1. The van der Waals surface area contributed by atoms with Crippen molar-refractivity contribution in [2.45, 2.75) is 104 Å². The van der Waals surface area contributed by atoms with Crippen LogP contribution in [0.25, 0.3) is 0 Å². The first-order chi connectivity index (χ1) is 9.66. The van der Waals surface area contributed by atoms with Gasteiger partial charge in [-0.1, -0.05) is 0 Å². The maximum Gasteiger partial charge on any atom is 0.0402 e. The molecule has 0 unspecified atom stereocenters. The second-order valence-corrected chi connectivity index (χ2v) is 20.5. The molecule has 0 aromatic heterocycles. The quantitative estimate of drug-likeness (QED) is 0.369. The van der Waals surface area contributed by atoms with Crippen molar-refractivity contribution in [1.82, 2.24) is 0 Å². The Balaban J connectivity index is 0. The zero-order valence-electron chi connectivity index (χ0n) is 15.1. The number of aliphatic hydroxyl groups excluding tert-OH is 1. The molecule has 0 spiro atoms. The van der Waals surface area contributed by atoms with Gasteiger partial charge in [-0.3, -0.25) is 0 Å². The van der Waals surface area contributed by atoms with Gasteiger partial charge in [0.25, 0.3) is 0 Å². The van der Waals surface area contributed by atoms with Crippen LogP contribution < -0.4 is 0 Å². The molecule has 0 bridgehead atoms. The summed E-state index contributed by atoms with van der Waals surface area (Å²) in [5, 5.41) is 7.57. The van der Waals surface area contributed by atoms with Gasteiger partial charge in [-0.2, -0.15) is 0 Å². The van der Waals surface area contributed by atoms with Crippen molar-refractivity contribution in [3.8, 4) is 0 Å². The maximum absolute atomic E-state index is 7.57. The molecule has 0 aliphatic heterocycles. The van der Waals surface area contributed by atoms with Crippen LogP contribution in [0, 0.1) is 0 Å². The molecule has 20 heavy (non-hydrogen) atoms. The van der Waals surface area contributed by atoms with E-state index in [4.69, 9.17) is 5.11 Å². The first-order valence-corrected chi connectivity index (χ1v) is 17.3. The monoisotopic (exact) mass is 394 g/mol. The fraction of sp³-hybridized carbons (Fsp3) is 1.00. The molecule has 0 fully saturated rings. The topological polar surface area (TPSA) is 20.2 Å². The molecule has 0 rings (SSSR count). The number of hydrogen-bond acceptors (Lipinski definition) is 1. The van der Waals surface area contributed by atoms with Gasteiger partial charge in [0.05, 0.1) is 0 Å². The molecule has 2 heteroatoms. The van der Waals surface area contributed by atoms with Crippen LogP contribution >= 0.6 is 0 Å². The zero-order chi connectivity index (χ0) is 15.7. The van der Waals surface area contributed by atoms with Crippen LogP contribution in [0.3, 0.4) is 0 Å². The Morgan fingerprint density at radius 3 is 0.900 bits per heavy atom. The Morgan fingerprint density at radius 2 is 0.750 bits per heavy atom. The number of unbranched alkanes of at least 4 members (excludes halogenated alkanes) is 4. The summed E-state index contributed by atoms with van der Waals surface area (Å²) in [4.78, 5) is 0. The van der Waals surface area contributed by atoms with Gasteiger partial charge in [0.15, 0.2) is 0 Å². The van der Waals surface area contributed by atoms with E-state index in [1.807, 2.05) is 0 Å². The molecule has 0 saturated heterocycles. The summed E-state index contributed by atoms with van der Waals surface area (Å²) in [6.07, 6.45) is 11.8. The summed E-state index contributed by atoms with van der Waals surface area (Å²) >= 11 is -1.69. The van der Waals surface area contributed by atoms with Crippen molar-refractivity contribution < 1.29 is 5.11 Å². The largest absolute Gasteiger partial charge is 0.397 e. The number of hydrogen-bond donors (Lipinski definition) is 1. The summed E-state index contributed by atoms with van der Waals surface area (Å²) in [5.41, 5.74) is 0. The van der Waals surface area contributed by atoms with Crippen LogP contribution in [0.2, 0.25) is 17.7 Å². The summed E-state index contributed by atoms with van der Waals surface area (Å²) in [5.74, 6) is 0. The van der Waals surface area contributed by atoms with Crippen molar-refractivity contribution >= 4 is 18.4 Å². The van der Waals surface area contributed by atoms with Gasteiger partial charge in [0.2, 0.25) is 0 Å². The Bertz CT molecular complexity index is 133. The molecule has 1 N–H and O–H groups in total. The van der Waals surface area contributed by atoms with Crippen LogP contribution in [0.5, 0.6) is 0 Å². The van der Waals surface area contributed by atoms with Gasteiger partial charge >= 0.3 is 115 Å². The molecular formula is C18H42OSn. The van der Waals surface area contributed by atoms with Crippen LogP contribution in [0.4, 0.5) is 0 Å². The SMILES string of the molecule is CCC[CH2][Sn]([CH2]CCC)([CH2]CCC)[CH2]CCC.CCO. The van der Waals surface area contributed by atoms with Gasteiger partial charge < -0.3 is 5.11 Å². The van der Waals surface area contributed by atoms with Gasteiger partial charge in [-0.25, -0.2) is 0 Å². The maximum atomic E-state index is 7.57. The Hall–Kier alpha value is 0.759. The average molecular weight is 393 g/mol. The normalized spacial score (nSPS) is 11.1. The number of rotatable bonds is 12. The zero-order valence-corrected chi connectivity index (χ0v) is 18.0. The Labute approximate surface area is 133 Å². The van der Waals surface area contributed by atoms with E-state index in [0.717, 1.165) is 0 Å². The van der Waals surface area contributed by atoms with Gasteiger partial charge in [-0.15, -0.1) is 0 Å². The Morgan fingerprint density at radius 1 is 0.550 bits per heavy atom. The van der Waals surface area contributed by atoms with Crippen LogP contribution in [0.1, 0.15) is 86.0 Å². The van der Waals surface area contributed by atoms with E-state index >= 15 is 0 Å². The molecule has 1 nitrogen and oxygen atoms in total. The van der Waals surface area contributed by atoms with E-state index < -0.39 is 18.4 Å². The smallest absolute Gasteiger partial charge is 0.0402 e. The molecule has 0 saturated carbocycles. The molecule has 0 heterocycles. The van der Waals surface area contributed by atoms with Crippen molar-refractivity contribution in [2.75, 3.05) is 6.61 Å². The van der Waals surface area contributed by atoms with Gasteiger partial charge in [0, 0.05) is 6.61 Å². The minimum atomic E-state index is -1.69. The molecular weight excluding hydrogens is 351 g/mol. The first kappa shape index (κ1) is 23.0. The molecule has 0 aromatic rings. The minimum absolute atomic E-state index is 0.250. The second-order valence-electron chi connectivity index (χ2n) is 6.23. The molecule has 0 aliphatic carbocycles.